The fourth-order valence-electron chi connectivity index (χ4n) is 2.43. The van der Waals surface area contributed by atoms with Crippen LogP contribution < -0.4 is 15.0 Å². The molecule has 128 valence electrons. The van der Waals surface area contributed by atoms with Crippen LogP contribution >= 0.6 is 22.9 Å². The highest BCUT2D eigenvalue weighted by Gasteiger charge is 2.25. The molecule has 2 rings (SSSR count). The van der Waals surface area contributed by atoms with Gasteiger partial charge in [0.1, 0.15) is 12.3 Å². The van der Waals surface area contributed by atoms with Gasteiger partial charge in [0.15, 0.2) is 6.04 Å². The van der Waals surface area contributed by atoms with Crippen LogP contribution in [0, 0.1) is 0 Å². The molecule has 2 aromatic rings. The highest BCUT2D eigenvalue weighted by Crippen LogP contribution is 2.23. The van der Waals surface area contributed by atoms with Crippen LogP contribution in [0.3, 0.4) is 0 Å². The SMILES string of the molecule is C=CC[NH+](Cc1ccc(Cl)s1)[C@@H](C)C(=O)Nc1ccccc1OC. The van der Waals surface area contributed by atoms with Gasteiger partial charge in [0, 0.05) is 0 Å². The van der Waals surface area contributed by atoms with Crippen LogP contribution in [0.15, 0.2) is 49.1 Å². The van der Waals surface area contributed by atoms with Crippen molar-refractivity contribution in [2.45, 2.75) is 19.5 Å². The second-order valence-corrected chi connectivity index (χ2v) is 7.24. The van der Waals surface area contributed by atoms with Crippen LogP contribution in [0.2, 0.25) is 4.34 Å². The van der Waals surface area contributed by atoms with Crippen molar-refractivity contribution in [1.82, 2.24) is 0 Å². The maximum absolute atomic E-state index is 12.6. The molecule has 24 heavy (non-hydrogen) atoms. The Morgan fingerprint density at radius 3 is 2.79 bits per heavy atom. The van der Waals surface area contributed by atoms with Gasteiger partial charge in [-0.05, 0) is 37.3 Å². The van der Waals surface area contributed by atoms with Gasteiger partial charge in [0.25, 0.3) is 5.91 Å². The number of hydrogen-bond donors (Lipinski definition) is 2. The molecule has 0 aliphatic heterocycles. The molecular formula is C18H22ClN2O2S+. The van der Waals surface area contributed by atoms with Crippen LogP contribution in [0.1, 0.15) is 11.8 Å². The largest absolute Gasteiger partial charge is 0.495 e. The number of carbonyl (C=O) groups excluding carboxylic acids is 1. The van der Waals surface area contributed by atoms with Crippen LogP contribution in [0.25, 0.3) is 0 Å². The van der Waals surface area contributed by atoms with E-state index < -0.39 is 0 Å². The lowest BCUT2D eigenvalue weighted by molar-refractivity contribution is -0.921. The minimum Gasteiger partial charge on any atom is -0.495 e. The molecule has 2 atom stereocenters. The maximum atomic E-state index is 12.6. The summed E-state index contributed by atoms with van der Waals surface area (Å²) in [6, 6.07) is 11.0. The van der Waals surface area contributed by atoms with Gasteiger partial charge < -0.3 is 15.0 Å². The molecule has 6 heteroatoms. The molecule has 1 unspecified atom stereocenters. The molecule has 1 heterocycles. The summed E-state index contributed by atoms with van der Waals surface area (Å²) in [6.07, 6.45) is 1.83. The van der Waals surface area contributed by atoms with E-state index in [1.54, 1.807) is 7.11 Å². The lowest BCUT2D eigenvalue weighted by Gasteiger charge is -2.24. The molecule has 1 amide bonds. The maximum Gasteiger partial charge on any atom is 0.282 e. The van der Waals surface area contributed by atoms with Gasteiger partial charge in [0.2, 0.25) is 0 Å². The van der Waals surface area contributed by atoms with E-state index in [9.17, 15) is 4.79 Å². The Balaban J connectivity index is 2.08. The summed E-state index contributed by atoms with van der Waals surface area (Å²) in [5, 5.41) is 2.95. The first kappa shape index (κ1) is 18.5. The fraction of sp³-hybridized carbons (Fsp3) is 0.278. The Bertz CT molecular complexity index is 702. The number of anilines is 1. The molecule has 0 bridgehead atoms. The number of hydrogen-bond acceptors (Lipinski definition) is 3. The van der Waals surface area contributed by atoms with Gasteiger partial charge in [-0.2, -0.15) is 0 Å². The average molecular weight is 366 g/mol. The Hall–Kier alpha value is -1.82. The minimum absolute atomic E-state index is 0.0565. The van der Waals surface area contributed by atoms with Crippen LogP contribution in [0.5, 0.6) is 5.75 Å². The summed E-state index contributed by atoms with van der Waals surface area (Å²) in [6.45, 7) is 7.14. The number of rotatable bonds is 8. The zero-order valence-electron chi connectivity index (χ0n) is 13.8. The van der Waals surface area contributed by atoms with E-state index in [1.165, 1.54) is 11.3 Å². The van der Waals surface area contributed by atoms with Gasteiger partial charge in [-0.15, -0.1) is 11.3 Å². The molecule has 0 spiro atoms. The van der Waals surface area contributed by atoms with Crippen LogP contribution in [-0.4, -0.2) is 25.6 Å². The quantitative estimate of drug-likeness (QED) is 0.706. The number of quaternary nitrogens is 1. The summed E-state index contributed by atoms with van der Waals surface area (Å²) < 4.78 is 6.04. The molecule has 1 aromatic carbocycles. The summed E-state index contributed by atoms with van der Waals surface area (Å²) in [5.74, 6) is 0.590. The van der Waals surface area contributed by atoms with Gasteiger partial charge in [-0.1, -0.05) is 30.3 Å². The number of methoxy groups -OCH3 is 1. The molecular weight excluding hydrogens is 344 g/mol. The third-order valence-corrected chi connectivity index (χ3v) is 5.04. The number of amides is 1. The van der Waals surface area contributed by atoms with E-state index in [0.717, 1.165) is 20.7 Å². The summed E-state index contributed by atoms with van der Waals surface area (Å²) in [5.41, 5.74) is 0.675. The van der Waals surface area contributed by atoms with Crippen molar-refractivity contribution in [1.29, 1.82) is 0 Å². The third kappa shape index (κ3) is 4.84. The average Bonchev–Trinajstić information content (AvgIpc) is 2.99. The number of carbonyl (C=O) groups is 1. The van der Waals surface area contributed by atoms with E-state index >= 15 is 0 Å². The smallest absolute Gasteiger partial charge is 0.282 e. The molecule has 2 N–H and O–H groups in total. The molecule has 0 fully saturated rings. The first-order valence-electron chi connectivity index (χ1n) is 7.68. The Labute approximate surface area is 151 Å². The molecule has 0 radical (unpaired) electrons. The predicted octanol–water partition coefficient (Wildman–Crippen LogP) is 3.01. The lowest BCUT2D eigenvalue weighted by atomic mass is 10.2. The highest BCUT2D eigenvalue weighted by molar-refractivity contribution is 7.16. The molecule has 0 saturated heterocycles. The fourth-order valence-corrected chi connectivity index (χ4v) is 3.57. The van der Waals surface area contributed by atoms with Crippen molar-refractivity contribution in [2.75, 3.05) is 19.0 Å². The van der Waals surface area contributed by atoms with Crippen molar-refractivity contribution in [3.63, 3.8) is 0 Å². The summed E-state index contributed by atoms with van der Waals surface area (Å²) >= 11 is 7.54. The highest BCUT2D eigenvalue weighted by atomic mass is 35.5. The topological polar surface area (TPSA) is 42.8 Å². The standard InChI is InChI=1S/C18H21ClN2O2S/c1-4-11-21(12-14-9-10-17(19)24-14)13(2)18(22)20-15-7-5-6-8-16(15)23-3/h4-10,13H,1,11-12H2,2-3H3,(H,20,22)/p+1/t13-/m0/s1. The zero-order valence-corrected chi connectivity index (χ0v) is 15.4. The van der Waals surface area contributed by atoms with Crippen LogP contribution in [-0.2, 0) is 11.3 Å². The van der Waals surface area contributed by atoms with E-state index in [-0.39, 0.29) is 11.9 Å². The van der Waals surface area contributed by atoms with Gasteiger partial charge in [-0.25, -0.2) is 0 Å². The molecule has 0 saturated carbocycles. The second-order valence-electron chi connectivity index (χ2n) is 5.44. The minimum atomic E-state index is -0.242. The zero-order chi connectivity index (χ0) is 17.5. The first-order valence-corrected chi connectivity index (χ1v) is 8.88. The van der Waals surface area contributed by atoms with Gasteiger partial charge >= 0.3 is 0 Å². The van der Waals surface area contributed by atoms with Crippen molar-refractivity contribution < 1.29 is 14.4 Å². The molecule has 0 aliphatic rings. The second kappa shape index (κ2) is 8.87. The monoisotopic (exact) mass is 365 g/mol. The van der Waals surface area contributed by atoms with Crippen LogP contribution in [0.4, 0.5) is 5.69 Å². The van der Waals surface area contributed by atoms with E-state index in [2.05, 4.69) is 11.9 Å². The number of benzene rings is 1. The Morgan fingerprint density at radius 2 is 2.17 bits per heavy atom. The van der Waals surface area contributed by atoms with E-state index in [0.29, 0.717) is 18.0 Å². The third-order valence-electron chi connectivity index (χ3n) is 3.81. The number of para-hydroxylation sites is 2. The van der Waals surface area contributed by atoms with Crippen molar-refractivity contribution in [3.05, 3.63) is 58.3 Å². The number of thiophene rings is 1. The van der Waals surface area contributed by atoms with E-state index in [4.69, 9.17) is 16.3 Å². The molecule has 0 aliphatic carbocycles. The summed E-state index contributed by atoms with van der Waals surface area (Å²) in [4.78, 5) is 14.9. The van der Waals surface area contributed by atoms with Crippen molar-refractivity contribution >= 4 is 34.5 Å². The van der Waals surface area contributed by atoms with Crippen molar-refractivity contribution in [3.8, 4) is 5.75 Å². The first-order chi connectivity index (χ1) is 11.5. The molecule has 4 nitrogen and oxygen atoms in total. The van der Waals surface area contributed by atoms with Gasteiger partial charge in [0.05, 0.1) is 28.6 Å². The van der Waals surface area contributed by atoms with E-state index in [1.807, 2.05) is 49.4 Å². The normalized spacial score (nSPS) is 13.1. The Kier molecular flexibility index (Phi) is 6.85. The van der Waals surface area contributed by atoms with Gasteiger partial charge in [-0.3, -0.25) is 4.79 Å². The predicted molar refractivity (Wildman–Crippen MR) is 100 cm³/mol. The van der Waals surface area contributed by atoms with Crippen molar-refractivity contribution in [2.24, 2.45) is 0 Å². The molecule has 1 aromatic heterocycles. The number of ether oxygens (including phenoxy) is 1. The Morgan fingerprint density at radius 1 is 1.42 bits per heavy atom. The number of halogens is 1. The lowest BCUT2D eigenvalue weighted by Crippen LogP contribution is -3.15. The summed E-state index contributed by atoms with van der Waals surface area (Å²) in [7, 11) is 1.59. The number of nitrogens with one attached hydrogen (secondary N) is 2.